The summed E-state index contributed by atoms with van der Waals surface area (Å²) >= 11 is 1.18. The van der Waals surface area contributed by atoms with E-state index in [4.69, 9.17) is 4.42 Å². The molecule has 0 atom stereocenters. The molecule has 134 valence electrons. The van der Waals surface area contributed by atoms with Crippen LogP contribution in [0.2, 0.25) is 0 Å². The Morgan fingerprint density at radius 2 is 1.88 bits per heavy atom. The molecule has 3 rings (SSSR count). The third kappa shape index (κ3) is 4.70. The molecule has 1 aromatic heterocycles. The van der Waals surface area contributed by atoms with Crippen LogP contribution in [0.1, 0.15) is 16.7 Å². The van der Waals surface area contributed by atoms with Crippen molar-refractivity contribution in [2.24, 2.45) is 0 Å². The molecule has 0 unspecified atom stereocenters. The first-order chi connectivity index (χ1) is 12.5. The fourth-order valence-electron chi connectivity index (χ4n) is 2.24. The highest BCUT2D eigenvalue weighted by atomic mass is 32.2. The zero-order valence-corrected chi connectivity index (χ0v) is 15.3. The van der Waals surface area contributed by atoms with Gasteiger partial charge >= 0.3 is 0 Å². The van der Waals surface area contributed by atoms with Gasteiger partial charge in [-0.25, -0.2) is 4.39 Å². The van der Waals surface area contributed by atoms with E-state index in [1.165, 1.54) is 29.5 Å². The molecule has 0 aliphatic heterocycles. The lowest BCUT2D eigenvalue weighted by atomic mass is 10.1. The number of rotatable bonds is 6. The molecule has 3 aromatic rings. The van der Waals surface area contributed by atoms with Crippen LogP contribution in [0.25, 0.3) is 11.5 Å². The van der Waals surface area contributed by atoms with Crippen molar-refractivity contribution in [2.75, 3.05) is 5.75 Å². The number of hydrogen-bond donors (Lipinski definition) is 1. The second kappa shape index (κ2) is 8.14. The van der Waals surface area contributed by atoms with Crippen LogP contribution >= 0.6 is 11.8 Å². The van der Waals surface area contributed by atoms with Crippen molar-refractivity contribution in [2.45, 2.75) is 25.6 Å². The van der Waals surface area contributed by atoms with Crippen molar-refractivity contribution in [3.8, 4) is 11.5 Å². The normalized spacial score (nSPS) is 10.7. The smallest absolute Gasteiger partial charge is 0.277 e. The lowest BCUT2D eigenvalue weighted by molar-refractivity contribution is -0.118. The quantitative estimate of drug-likeness (QED) is 0.666. The first-order valence-electron chi connectivity index (χ1n) is 8.06. The lowest BCUT2D eigenvalue weighted by Gasteiger charge is -2.04. The van der Waals surface area contributed by atoms with Gasteiger partial charge in [-0.2, -0.15) is 0 Å². The number of aryl methyl sites for hydroxylation is 2. The number of halogens is 1. The zero-order valence-electron chi connectivity index (χ0n) is 14.5. The van der Waals surface area contributed by atoms with Gasteiger partial charge in [0, 0.05) is 12.1 Å². The fourth-order valence-corrected chi connectivity index (χ4v) is 2.83. The van der Waals surface area contributed by atoms with Gasteiger partial charge in [-0.05, 0) is 54.8 Å². The monoisotopic (exact) mass is 371 g/mol. The maximum absolute atomic E-state index is 12.8. The van der Waals surface area contributed by atoms with E-state index in [2.05, 4.69) is 15.5 Å². The van der Waals surface area contributed by atoms with E-state index in [1.807, 2.05) is 32.0 Å². The molecule has 0 saturated heterocycles. The van der Waals surface area contributed by atoms with Gasteiger partial charge in [-0.3, -0.25) is 4.79 Å². The third-order valence-corrected chi connectivity index (χ3v) is 4.71. The maximum atomic E-state index is 12.8. The summed E-state index contributed by atoms with van der Waals surface area (Å²) in [5.41, 5.74) is 4.03. The highest BCUT2D eigenvalue weighted by Gasteiger charge is 2.11. The van der Waals surface area contributed by atoms with Crippen LogP contribution in [0, 0.1) is 19.7 Å². The molecule has 1 N–H and O–H groups in total. The molecule has 1 heterocycles. The van der Waals surface area contributed by atoms with E-state index >= 15 is 0 Å². The van der Waals surface area contributed by atoms with E-state index < -0.39 is 0 Å². The van der Waals surface area contributed by atoms with Gasteiger partial charge in [-0.15, -0.1) is 10.2 Å². The number of carbonyl (C=O) groups is 1. The summed E-state index contributed by atoms with van der Waals surface area (Å²) in [6.45, 7) is 4.41. The molecular weight excluding hydrogens is 353 g/mol. The van der Waals surface area contributed by atoms with Crippen molar-refractivity contribution >= 4 is 17.7 Å². The Hall–Kier alpha value is -2.67. The molecule has 7 heteroatoms. The molecular formula is C19H18FN3O2S. The Labute approximate surface area is 155 Å². The van der Waals surface area contributed by atoms with Crippen LogP contribution in [-0.2, 0) is 11.3 Å². The topological polar surface area (TPSA) is 68.0 Å². The van der Waals surface area contributed by atoms with Crippen molar-refractivity contribution in [3.05, 3.63) is 65.0 Å². The van der Waals surface area contributed by atoms with Gasteiger partial charge in [0.05, 0.1) is 5.75 Å². The zero-order chi connectivity index (χ0) is 18.5. The first-order valence-corrected chi connectivity index (χ1v) is 9.05. The van der Waals surface area contributed by atoms with Crippen LogP contribution in [0.4, 0.5) is 4.39 Å². The Balaban J connectivity index is 1.51. The molecule has 1 amide bonds. The number of amides is 1. The van der Waals surface area contributed by atoms with Gasteiger partial charge in [0.15, 0.2) is 0 Å². The molecule has 26 heavy (non-hydrogen) atoms. The molecule has 0 radical (unpaired) electrons. The summed E-state index contributed by atoms with van der Waals surface area (Å²) in [6, 6.07) is 11.9. The number of benzene rings is 2. The first kappa shape index (κ1) is 18.1. The predicted molar refractivity (Wildman–Crippen MR) is 98.2 cm³/mol. The number of aromatic nitrogens is 2. The van der Waals surface area contributed by atoms with E-state index in [1.54, 1.807) is 12.1 Å². The maximum Gasteiger partial charge on any atom is 0.277 e. The van der Waals surface area contributed by atoms with Crippen molar-refractivity contribution < 1.29 is 13.6 Å². The van der Waals surface area contributed by atoms with E-state index in [0.29, 0.717) is 17.7 Å². The molecule has 0 spiro atoms. The number of nitrogens with zero attached hydrogens (tertiary/aromatic N) is 2. The molecule has 5 nitrogen and oxygen atoms in total. The summed E-state index contributed by atoms with van der Waals surface area (Å²) in [5, 5.41) is 11.1. The van der Waals surface area contributed by atoms with Crippen LogP contribution < -0.4 is 5.32 Å². The van der Waals surface area contributed by atoms with Crippen molar-refractivity contribution in [1.82, 2.24) is 15.5 Å². The van der Waals surface area contributed by atoms with Crippen LogP contribution in [0.15, 0.2) is 52.1 Å². The average molecular weight is 371 g/mol. The SMILES string of the molecule is Cc1ccc(-c2nnc(SCC(=O)NCc3ccc(F)cc3)o2)cc1C. The van der Waals surface area contributed by atoms with Crippen molar-refractivity contribution in [3.63, 3.8) is 0 Å². The number of hydrogen-bond acceptors (Lipinski definition) is 5. The lowest BCUT2D eigenvalue weighted by Crippen LogP contribution is -2.24. The molecule has 0 bridgehead atoms. The van der Waals surface area contributed by atoms with Crippen LogP contribution in [0.3, 0.4) is 0 Å². The van der Waals surface area contributed by atoms with Gasteiger partial charge < -0.3 is 9.73 Å². The minimum absolute atomic E-state index is 0.162. The summed E-state index contributed by atoms with van der Waals surface area (Å²) in [7, 11) is 0. The molecule has 0 aliphatic carbocycles. The Morgan fingerprint density at radius 1 is 1.12 bits per heavy atom. The third-order valence-electron chi connectivity index (χ3n) is 3.89. The van der Waals surface area contributed by atoms with E-state index in [9.17, 15) is 9.18 Å². The second-order valence-electron chi connectivity index (χ2n) is 5.86. The van der Waals surface area contributed by atoms with Gasteiger partial charge in [-0.1, -0.05) is 30.0 Å². The largest absolute Gasteiger partial charge is 0.411 e. The Bertz CT molecular complexity index is 909. The number of nitrogens with one attached hydrogen (secondary N) is 1. The van der Waals surface area contributed by atoms with E-state index in [0.717, 1.165) is 16.7 Å². The van der Waals surface area contributed by atoms with Crippen LogP contribution in [-0.4, -0.2) is 21.9 Å². The highest BCUT2D eigenvalue weighted by Crippen LogP contribution is 2.24. The van der Waals surface area contributed by atoms with Gasteiger partial charge in [0.1, 0.15) is 5.82 Å². The minimum Gasteiger partial charge on any atom is -0.411 e. The minimum atomic E-state index is -0.299. The molecule has 0 fully saturated rings. The Morgan fingerprint density at radius 3 is 2.62 bits per heavy atom. The van der Waals surface area contributed by atoms with Gasteiger partial charge in [0.25, 0.3) is 5.22 Å². The summed E-state index contributed by atoms with van der Waals surface area (Å²) < 4.78 is 18.5. The molecule has 0 aliphatic rings. The summed E-state index contributed by atoms with van der Waals surface area (Å²) in [6.07, 6.45) is 0. The van der Waals surface area contributed by atoms with Crippen molar-refractivity contribution in [1.29, 1.82) is 0 Å². The average Bonchev–Trinajstić information content (AvgIpc) is 3.11. The summed E-state index contributed by atoms with van der Waals surface area (Å²) in [5.74, 6) is 0.134. The molecule has 0 saturated carbocycles. The summed E-state index contributed by atoms with van der Waals surface area (Å²) in [4.78, 5) is 11.9. The van der Waals surface area contributed by atoms with Crippen LogP contribution in [0.5, 0.6) is 0 Å². The predicted octanol–water partition coefficient (Wildman–Crippen LogP) is 3.90. The number of thioether (sulfide) groups is 1. The second-order valence-corrected chi connectivity index (χ2v) is 6.79. The van der Waals surface area contributed by atoms with E-state index in [-0.39, 0.29) is 17.5 Å². The Kier molecular flexibility index (Phi) is 5.68. The highest BCUT2D eigenvalue weighted by molar-refractivity contribution is 7.99. The standard InChI is InChI=1S/C19H18FN3O2S/c1-12-3-6-15(9-13(12)2)18-22-23-19(25-18)26-11-17(24)21-10-14-4-7-16(20)8-5-14/h3-9H,10-11H2,1-2H3,(H,21,24). The fraction of sp³-hybridized carbons (Fsp3) is 0.211. The van der Waals surface area contributed by atoms with Gasteiger partial charge in [0.2, 0.25) is 11.8 Å². The molecule has 2 aromatic carbocycles. The number of carbonyl (C=O) groups excluding carboxylic acids is 1.